The summed E-state index contributed by atoms with van der Waals surface area (Å²) in [5, 5.41) is 6.14. The molecule has 3 aromatic carbocycles. The topological polar surface area (TPSA) is 32.3 Å². The average Bonchev–Trinajstić information content (AvgIpc) is 2.72. The fraction of sp³-hybridized carbons (Fsp3) is 0.240. The second-order valence-corrected chi connectivity index (χ2v) is 8.92. The first kappa shape index (κ1) is 18.4. The standard InChI is InChI=1S/C25H23BrN2O/c1-28(2)21-13-11-16(14-19(21)26)25-24-18(8-5-9-22(24)29)23-17-7-4-3-6-15(17)10-12-20(23)27-25/h3-4,6-7,10-14,25,27H,5,8-9H2,1-2H3. The average molecular weight is 447 g/mol. The molecule has 0 radical (unpaired) electrons. The fourth-order valence-electron chi connectivity index (χ4n) is 4.72. The number of benzene rings is 3. The molecule has 4 heteroatoms. The van der Waals surface area contributed by atoms with Crippen molar-refractivity contribution in [2.24, 2.45) is 0 Å². The first-order chi connectivity index (χ1) is 14.0. The summed E-state index contributed by atoms with van der Waals surface area (Å²) in [7, 11) is 4.07. The summed E-state index contributed by atoms with van der Waals surface area (Å²) in [4.78, 5) is 15.2. The van der Waals surface area contributed by atoms with E-state index in [1.807, 2.05) is 14.1 Å². The van der Waals surface area contributed by atoms with Gasteiger partial charge in [0.15, 0.2) is 5.78 Å². The molecule has 3 nitrogen and oxygen atoms in total. The molecular formula is C25H23BrN2O. The second kappa shape index (κ2) is 7.03. The molecule has 5 rings (SSSR count). The maximum atomic E-state index is 13.1. The maximum Gasteiger partial charge on any atom is 0.161 e. The van der Waals surface area contributed by atoms with Crippen molar-refractivity contribution in [1.29, 1.82) is 0 Å². The van der Waals surface area contributed by atoms with Gasteiger partial charge < -0.3 is 10.2 Å². The van der Waals surface area contributed by atoms with E-state index in [9.17, 15) is 4.79 Å². The smallest absolute Gasteiger partial charge is 0.161 e. The van der Waals surface area contributed by atoms with Crippen LogP contribution in [0.5, 0.6) is 0 Å². The zero-order valence-electron chi connectivity index (χ0n) is 16.6. The van der Waals surface area contributed by atoms with E-state index in [2.05, 4.69) is 80.7 Å². The quantitative estimate of drug-likeness (QED) is 0.498. The van der Waals surface area contributed by atoms with Crippen molar-refractivity contribution < 1.29 is 4.79 Å². The van der Waals surface area contributed by atoms with E-state index in [1.54, 1.807) is 0 Å². The number of rotatable bonds is 2. The lowest BCUT2D eigenvalue weighted by Gasteiger charge is -2.35. The number of carbonyl (C=O) groups excluding carboxylic acids is 1. The number of hydrogen-bond donors (Lipinski definition) is 1. The zero-order valence-corrected chi connectivity index (χ0v) is 18.2. The molecule has 29 heavy (non-hydrogen) atoms. The molecule has 146 valence electrons. The van der Waals surface area contributed by atoms with Crippen LogP contribution in [0.3, 0.4) is 0 Å². The summed E-state index contributed by atoms with van der Waals surface area (Å²) in [5.74, 6) is 0.273. The number of carbonyl (C=O) groups is 1. The lowest BCUT2D eigenvalue weighted by molar-refractivity contribution is -0.116. The van der Waals surface area contributed by atoms with Gasteiger partial charge in [0.1, 0.15) is 0 Å². The lowest BCUT2D eigenvalue weighted by atomic mass is 9.77. The van der Waals surface area contributed by atoms with Crippen molar-refractivity contribution >= 4 is 49.4 Å². The Morgan fingerprint density at radius 3 is 2.66 bits per heavy atom. The van der Waals surface area contributed by atoms with Gasteiger partial charge >= 0.3 is 0 Å². The SMILES string of the molecule is CN(C)c1ccc(C2Nc3ccc4ccccc4c3C3=C2C(=O)CCC3)cc1Br. The largest absolute Gasteiger partial charge is 0.377 e. The molecule has 0 saturated carbocycles. The maximum absolute atomic E-state index is 13.1. The van der Waals surface area contributed by atoms with Gasteiger partial charge in [-0.25, -0.2) is 0 Å². The molecule has 1 aliphatic carbocycles. The van der Waals surface area contributed by atoms with Crippen molar-refractivity contribution in [3.05, 3.63) is 75.8 Å². The molecule has 1 heterocycles. The molecule has 1 atom stereocenters. The minimum atomic E-state index is -0.112. The van der Waals surface area contributed by atoms with E-state index in [0.717, 1.165) is 39.8 Å². The molecule has 1 unspecified atom stereocenters. The predicted octanol–water partition coefficient (Wildman–Crippen LogP) is 6.34. The van der Waals surface area contributed by atoms with Gasteiger partial charge in [-0.05, 0) is 68.9 Å². The molecule has 0 spiro atoms. The highest BCUT2D eigenvalue weighted by atomic mass is 79.9. The molecule has 2 aliphatic rings. The summed E-state index contributed by atoms with van der Waals surface area (Å²) in [6.45, 7) is 0. The number of anilines is 2. The number of hydrogen-bond acceptors (Lipinski definition) is 3. The third-order valence-electron chi connectivity index (χ3n) is 6.06. The van der Waals surface area contributed by atoms with E-state index in [0.29, 0.717) is 6.42 Å². The van der Waals surface area contributed by atoms with Crippen LogP contribution in [0.25, 0.3) is 16.3 Å². The number of halogens is 1. The van der Waals surface area contributed by atoms with Gasteiger partial charge in [0.25, 0.3) is 0 Å². The predicted molar refractivity (Wildman–Crippen MR) is 125 cm³/mol. The first-order valence-corrected chi connectivity index (χ1v) is 10.9. The van der Waals surface area contributed by atoms with Crippen molar-refractivity contribution in [1.82, 2.24) is 0 Å². The van der Waals surface area contributed by atoms with Crippen LogP contribution >= 0.6 is 15.9 Å². The van der Waals surface area contributed by atoms with Gasteiger partial charge in [-0.1, -0.05) is 36.4 Å². The highest BCUT2D eigenvalue weighted by molar-refractivity contribution is 9.10. The molecule has 0 aromatic heterocycles. The van der Waals surface area contributed by atoms with Crippen molar-refractivity contribution in [3.8, 4) is 0 Å². The summed E-state index contributed by atoms with van der Waals surface area (Å²) in [5.41, 5.74) is 6.75. The summed E-state index contributed by atoms with van der Waals surface area (Å²) < 4.78 is 1.04. The molecule has 3 aromatic rings. The molecule has 0 bridgehead atoms. The highest BCUT2D eigenvalue weighted by Gasteiger charge is 2.35. The minimum Gasteiger partial charge on any atom is -0.377 e. The Labute approximate surface area is 179 Å². The highest BCUT2D eigenvalue weighted by Crippen LogP contribution is 2.48. The monoisotopic (exact) mass is 446 g/mol. The lowest BCUT2D eigenvalue weighted by Crippen LogP contribution is -2.27. The van der Waals surface area contributed by atoms with Crippen LogP contribution in [-0.2, 0) is 4.79 Å². The Bertz CT molecular complexity index is 1180. The van der Waals surface area contributed by atoms with Gasteiger partial charge in [0.05, 0.1) is 11.7 Å². The van der Waals surface area contributed by atoms with E-state index in [1.165, 1.54) is 21.9 Å². The molecular weight excluding hydrogens is 424 g/mol. The van der Waals surface area contributed by atoms with Crippen molar-refractivity contribution in [2.75, 3.05) is 24.3 Å². The van der Waals surface area contributed by atoms with Gasteiger partial charge in [-0.15, -0.1) is 0 Å². The normalized spacial score (nSPS) is 18.3. The summed E-state index contributed by atoms with van der Waals surface area (Å²) in [6, 6.07) is 19.1. The number of nitrogens with zero attached hydrogens (tertiary/aromatic N) is 1. The Morgan fingerprint density at radius 1 is 1.03 bits per heavy atom. The number of ketones is 1. The third-order valence-corrected chi connectivity index (χ3v) is 6.70. The fourth-order valence-corrected chi connectivity index (χ4v) is 5.47. The van der Waals surface area contributed by atoms with Gasteiger partial charge in [0, 0.05) is 41.8 Å². The van der Waals surface area contributed by atoms with Crippen LogP contribution in [0.4, 0.5) is 11.4 Å². The van der Waals surface area contributed by atoms with Crippen LogP contribution in [0, 0.1) is 0 Å². The van der Waals surface area contributed by atoms with Gasteiger partial charge in [-0.3, -0.25) is 4.79 Å². The third kappa shape index (κ3) is 2.98. The molecule has 0 saturated heterocycles. The Balaban J connectivity index is 1.72. The Kier molecular flexibility index (Phi) is 4.47. The van der Waals surface area contributed by atoms with E-state index in [4.69, 9.17) is 0 Å². The van der Waals surface area contributed by atoms with E-state index >= 15 is 0 Å². The van der Waals surface area contributed by atoms with Crippen molar-refractivity contribution in [2.45, 2.75) is 25.3 Å². The Hall–Kier alpha value is -2.59. The van der Waals surface area contributed by atoms with Crippen LogP contribution in [0.1, 0.15) is 36.4 Å². The zero-order chi connectivity index (χ0) is 20.1. The number of nitrogens with one attached hydrogen (secondary N) is 1. The molecule has 1 aliphatic heterocycles. The van der Waals surface area contributed by atoms with E-state index < -0.39 is 0 Å². The minimum absolute atomic E-state index is 0.112. The van der Waals surface area contributed by atoms with Crippen molar-refractivity contribution in [3.63, 3.8) is 0 Å². The second-order valence-electron chi connectivity index (χ2n) is 8.06. The first-order valence-electron chi connectivity index (χ1n) is 10.1. The molecule has 0 amide bonds. The van der Waals surface area contributed by atoms with Crippen LogP contribution < -0.4 is 10.2 Å². The van der Waals surface area contributed by atoms with Gasteiger partial charge in [-0.2, -0.15) is 0 Å². The van der Waals surface area contributed by atoms with Crippen LogP contribution in [-0.4, -0.2) is 19.9 Å². The Morgan fingerprint density at radius 2 is 1.86 bits per heavy atom. The van der Waals surface area contributed by atoms with Crippen LogP contribution in [0.15, 0.2) is 64.6 Å². The summed E-state index contributed by atoms with van der Waals surface area (Å²) in [6.07, 6.45) is 2.52. The van der Waals surface area contributed by atoms with E-state index in [-0.39, 0.29) is 11.8 Å². The summed E-state index contributed by atoms with van der Waals surface area (Å²) >= 11 is 3.71. The molecule has 1 N–H and O–H groups in total. The number of fused-ring (bicyclic) bond motifs is 4. The van der Waals surface area contributed by atoms with Gasteiger partial charge in [0.2, 0.25) is 0 Å². The molecule has 0 fully saturated rings. The number of allylic oxidation sites excluding steroid dienone is 1. The van der Waals surface area contributed by atoms with Crippen LogP contribution in [0.2, 0.25) is 0 Å². The number of Topliss-reactive ketones (excluding diaryl/α,β-unsaturated/α-hetero) is 1.